The number of aryl methyl sites for hydroxylation is 1. The molecule has 1 amide bonds. The molecule has 6 nitrogen and oxygen atoms in total. The van der Waals surface area contributed by atoms with E-state index >= 15 is 0 Å². The van der Waals surface area contributed by atoms with Crippen LogP contribution in [0.3, 0.4) is 0 Å². The molecule has 0 saturated carbocycles. The zero-order chi connectivity index (χ0) is 17.0. The molecule has 1 aromatic carbocycles. The number of amides is 1. The van der Waals surface area contributed by atoms with Gasteiger partial charge in [0, 0.05) is 31.2 Å². The molecule has 1 saturated heterocycles. The first kappa shape index (κ1) is 20.9. The van der Waals surface area contributed by atoms with Gasteiger partial charge in [0.1, 0.15) is 0 Å². The molecule has 24 heavy (non-hydrogen) atoms. The zero-order valence-corrected chi connectivity index (χ0v) is 16.0. The number of hydrogen-bond donors (Lipinski definition) is 2. The molecular weight excluding hydrogens is 350 g/mol. The van der Waals surface area contributed by atoms with Crippen molar-refractivity contribution in [3.63, 3.8) is 0 Å². The van der Waals surface area contributed by atoms with Crippen molar-refractivity contribution >= 4 is 28.3 Å². The first-order valence-corrected chi connectivity index (χ1v) is 9.46. The highest BCUT2D eigenvalue weighted by molar-refractivity contribution is 7.89. The first-order chi connectivity index (χ1) is 10.9. The van der Waals surface area contributed by atoms with Crippen LogP contribution in [0.4, 0.5) is 0 Å². The Kier molecular flexibility index (Phi) is 7.66. The highest BCUT2D eigenvalue weighted by atomic mass is 35.5. The molecule has 136 valence electrons. The average Bonchev–Trinajstić information content (AvgIpc) is 3.01. The predicted octanol–water partition coefficient (Wildman–Crippen LogP) is 1.54. The van der Waals surface area contributed by atoms with Crippen LogP contribution in [0.25, 0.3) is 0 Å². The summed E-state index contributed by atoms with van der Waals surface area (Å²) in [6, 6.07) is 4.96. The maximum absolute atomic E-state index is 12.7. The van der Waals surface area contributed by atoms with Crippen molar-refractivity contribution in [3.8, 4) is 0 Å². The van der Waals surface area contributed by atoms with E-state index in [0.29, 0.717) is 24.2 Å². The fraction of sp³-hybridized carbons (Fsp3) is 0.562. The van der Waals surface area contributed by atoms with Gasteiger partial charge in [0.25, 0.3) is 5.91 Å². The summed E-state index contributed by atoms with van der Waals surface area (Å²) in [5.41, 5.74) is 1.03. The number of sulfonamides is 1. The lowest BCUT2D eigenvalue weighted by atomic mass is 10.1. The molecule has 0 bridgehead atoms. The maximum Gasteiger partial charge on any atom is 0.251 e. The lowest BCUT2D eigenvalue weighted by molar-refractivity contribution is 0.0940. The summed E-state index contributed by atoms with van der Waals surface area (Å²) in [4.78, 5) is 12.6. The largest absolute Gasteiger partial charge is 0.348 e. The van der Waals surface area contributed by atoms with E-state index in [-0.39, 0.29) is 29.3 Å². The van der Waals surface area contributed by atoms with Crippen molar-refractivity contribution in [2.75, 3.05) is 26.2 Å². The van der Waals surface area contributed by atoms with Gasteiger partial charge in [-0.1, -0.05) is 19.9 Å². The minimum absolute atomic E-state index is 0. The molecule has 0 aliphatic carbocycles. The molecule has 2 N–H and O–H groups in total. The third-order valence-corrected chi connectivity index (χ3v) is 6.36. The molecule has 0 aromatic heterocycles. The summed E-state index contributed by atoms with van der Waals surface area (Å²) >= 11 is 0. The van der Waals surface area contributed by atoms with Gasteiger partial charge in [-0.15, -0.1) is 12.4 Å². The molecule has 8 heteroatoms. The number of benzene rings is 1. The lowest BCUT2D eigenvalue weighted by Gasteiger charge is -2.20. The van der Waals surface area contributed by atoms with Crippen LogP contribution in [0.1, 0.15) is 36.2 Å². The van der Waals surface area contributed by atoms with E-state index in [0.717, 1.165) is 19.5 Å². The Balaban J connectivity index is 0.00000288. The number of nitrogens with zero attached hydrogens (tertiary/aromatic N) is 1. The lowest BCUT2D eigenvalue weighted by Crippen LogP contribution is -2.36. The third-order valence-electron chi connectivity index (χ3n) is 4.17. The summed E-state index contributed by atoms with van der Waals surface area (Å²) in [7, 11) is -3.57. The Morgan fingerprint density at radius 3 is 2.54 bits per heavy atom. The second-order valence-electron chi connectivity index (χ2n) is 5.73. The molecule has 1 unspecified atom stereocenters. The van der Waals surface area contributed by atoms with Gasteiger partial charge in [-0.3, -0.25) is 4.79 Å². The Hall–Kier alpha value is -1.15. The summed E-state index contributed by atoms with van der Waals surface area (Å²) < 4.78 is 26.8. The van der Waals surface area contributed by atoms with Crippen molar-refractivity contribution in [1.29, 1.82) is 0 Å². The standard InChI is InChI=1S/C16H25N3O3S.ClH/c1-4-19(5-2)23(21,22)15-10-13(7-6-12(15)3)16(20)18-14-8-9-17-11-14;/h6-7,10,14,17H,4-5,8-9,11H2,1-3H3,(H,18,20);1H. The summed E-state index contributed by atoms with van der Waals surface area (Å²) in [5.74, 6) is -0.227. The topological polar surface area (TPSA) is 78.5 Å². The van der Waals surface area contributed by atoms with E-state index in [9.17, 15) is 13.2 Å². The second-order valence-corrected chi connectivity index (χ2v) is 7.64. The van der Waals surface area contributed by atoms with E-state index in [1.807, 2.05) is 0 Å². The van der Waals surface area contributed by atoms with Crippen molar-refractivity contribution in [2.24, 2.45) is 0 Å². The highest BCUT2D eigenvalue weighted by Crippen LogP contribution is 2.21. The van der Waals surface area contributed by atoms with Crippen LogP contribution in [0, 0.1) is 6.92 Å². The van der Waals surface area contributed by atoms with Crippen molar-refractivity contribution in [1.82, 2.24) is 14.9 Å². The van der Waals surface area contributed by atoms with Gasteiger partial charge >= 0.3 is 0 Å². The van der Waals surface area contributed by atoms with Gasteiger partial charge in [-0.2, -0.15) is 4.31 Å². The minimum Gasteiger partial charge on any atom is -0.348 e. The zero-order valence-electron chi connectivity index (χ0n) is 14.3. The first-order valence-electron chi connectivity index (χ1n) is 8.02. The van der Waals surface area contributed by atoms with Crippen LogP contribution in [-0.2, 0) is 10.0 Å². The van der Waals surface area contributed by atoms with E-state index in [4.69, 9.17) is 0 Å². The van der Waals surface area contributed by atoms with E-state index in [1.165, 1.54) is 10.4 Å². The molecule has 0 spiro atoms. The van der Waals surface area contributed by atoms with Gasteiger partial charge in [0.2, 0.25) is 10.0 Å². The van der Waals surface area contributed by atoms with E-state index < -0.39 is 10.0 Å². The molecule has 1 aliphatic heterocycles. The number of nitrogens with one attached hydrogen (secondary N) is 2. The smallest absolute Gasteiger partial charge is 0.251 e. The molecule has 0 radical (unpaired) electrons. The van der Waals surface area contributed by atoms with Gasteiger partial charge in [-0.05, 0) is 37.6 Å². The monoisotopic (exact) mass is 375 g/mol. The Morgan fingerprint density at radius 2 is 2.00 bits per heavy atom. The number of rotatable bonds is 6. The van der Waals surface area contributed by atoms with Crippen LogP contribution in [0.2, 0.25) is 0 Å². The average molecular weight is 376 g/mol. The van der Waals surface area contributed by atoms with E-state index in [2.05, 4.69) is 10.6 Å². The Labute approximate surface area is 150 Å². The fourth-order valence-corrected chi connectivity index (χ4v) is 4.48. The van der Waals surface area contributed by atoms with Gasteiger partial charge in [0.05, 0.1) is 4.90 Å². The van der Waals surface area contributed by atoms with Crippen molar-refractivity contribution < 1.29 is 13.2 Å². The quantitative estimate of drug-likeness (QED) is 0.790. The molecule has 1 fully saturated rings. The molecule has 1 heterocycles. The van der Waals surface area contributed by atoms with Crippen molar-refractivity contribution in [3.05, 3.63) is 29.3 Å². The van der Waals surface area contributed by atoms with Gasteiger partial charge in [-0.25, -0.2) is 8.42 Å². The normalized spacial score (nSPS) is 17.6. The second kappa shape index (κ2) is 8.80. The van der Waals surface area contributed by atoms with Crippen LogP contribution in [-0.4, -0.2) is 50.9 Å². The molecule has 2 rings (SSSR count). The molecule has 1 aromatic rings. The van der Waals surface area contributed by atoms with Crippen molar-refractivity contribution in [2.45, 2.75) is 38.1 Å². The molecular formula is C16H26ClN3O3S. The maximum atomic E-state index is 12.7. The Bertz CT molecular complexity index is 669. The van der Waals surface area contributed by atoms with Gasteiger partial charge < -0.3 is 10.6 Å². The fourth-order valence-electron chi connectivity index (χ4n) is 2.77. The van der Waals surface area contributed by atoms with Crippen LogP contribution in [0.5, 0.6) is 0 Å². The van der Waals surface area contributed by atoms with Crippen LogP contribution >= 0.6 is 12.4 Å². The number of carbonyl (C=O) groups is 1. The molecule has 1 atom stereocenters. The summed E-state index contributed by atoms with van der Waals surface area (Å²) in [5, 5.41) is 6.13. The summed E-state index contributed by atoms with van der Waals surface area (Å²) in [6.45, 7) is 7.81. The Morgan fingerprint density at radius 1 is 1.33 bits per heavy atom. The number of halogens is 1. The van der Waals surface area contributed by atoms with E-state index in [1.54, 1.807) is 32.9 Å². The predicted molar refractivity (Wildman–Crippen MR) is 97.3 cm³/mol. The van der Waals surface area contributed by atoms with Crippen LogP contribution in [0.15, 0.2) is 23.1 Å². The SMILES string of the molecule is CCN(CC)S(=O)(=O)c1cc(C(=O)NC2CCNC2)ccc1C.Cl. The number of hydrogen-bond acceptors (Lipinski definition) is 4. The number of carbonyl (C=O) groups excluding carboxylic acids is 1. The van der Waals surface area contributed by atoms with Gasteiger partial charge in [0.15, 0.2) is 0 Å². The molecule has 1 aliphatic rings. The third kappa shape index (κ3) is 4.47. The summed E-state index contributed by atoms with van der Waals surface area (Å²) in [6.07, 6.45) is 0.891. The minimum atomic E-state index is -3.57. The van der Waals surface area contributed by atoms with Crippen LogP contribution < -0.4 is 10.6 Å². The highest BCUT2D eigenvalue weighted by Gasteiger charge is 2.25.